The molecule has 1 N–H and O–H groups in total. The van der Waals surface area contributed by atoms with Crippen LogP contribution >= 0.6 is 27.7 Å². The fraction of sp³-hybridized carbons (Fsp3) is 0.316. The molecule has 1 fully saturated rings. The summed E-state index contributed by atoms with van der Waals surface area (Å²) in [6.07, 6.45) is 0.369. The Morgan fingerprint density at radius 1 is 1.19 bits per heavy atom. The molecule has 3 rings (SSSR count). The van der Waals surface area contributed by atoms with E-state index in [1.807, 2.05) is 29.2 Å². The summed E-state index contributed by atoms with van der Waals surface area (Å²) in [5, 5.41) is 2.77. The maximum Gasteiger partial charge on any atom is 0.225 e. The van der Waals surface area contributed by atoms with Crippen LogP contribution in [0.2, 0.25) is 0 Å². The van der Waals surface area contributed by atoms with E-state index >= 15 is 0 Å². The zero-order valence-corrected chi connectivity index (χ0v) is 16.6. The normalized spacial score (nSPS) is 14.3. The van der Waals surface area contributed by atoms with E-state index in [0.29, 0.717) is 49.9 Å². The molecule has 7 heteroatoms. The minimum absolute atomic E-state index is 0.117. The Hall–Kier alpha value is -1.57. The van der Waals surface area contributed by atoms with E-state index in [-0.39, 0.29) is 11.7 Å². The molecule has 0 spiro atoms. The Morgan fingerprint density at radius 3 is 2.62 bits per heavy atom. The molecule has 0 unspecified atom stereocenters. The lowest BCUT2D eigenvalue weighted by atomic mass is 10.2. The van der Waals surface area contributed by atoms with Crippen molar-refractivity contribution in [2.24, 2.45) is 0 Å². The van der Waals surface area contributed by atoms with Crippen molar-refractivity contribution < 1.29 is 13.9 Å². The SMILES string of the molecule is O=C(CCSc1ccc(Br)cc1)Nc1ccc(N2CCOCC2)c(F)c1. The van der Waals surface area contributed by atoms with Gasteiger partial charge in [0, 0.05) is 40.3 Å². The third-order valence-electron chi connectivity index (χ3n) is 3.99. The molecule has 26 heavy (non-hydrogen) atoms. The van der Waals surface area contributed by atoms with E-state index in [1.165, 1.54) is 6.07 Å². The summed E-state index contributed by atoms with van der Waals surface area (Å²) in [5.41, 5.74) is 1.04. The number of benzene rings is 2. The third-order valence-corrected chi connectivity index (χ3v) is 5.54. The molecule has 0 saturated carbocycles. The first kappa shape index (κ1) is 19.2. The summed E-state index contributed by atoms with van der Waals surface area (Å²) in [5.74, 6) is 0.226. The van der Waals surface area contributed by atoms with E-state index in [2.05, 4.69) is 21.2 Å². The average molecular weight is 439 g/mol. The topological polar surface area (TPSA) is 41.6 Å². The molecule has 2 aromatic carbocycles. The second-order valence-corrected chi connectivity index (χ2v) is 7.95. The molecule has 0 atom stereocenters. The molecule has 1 aliphatic heterocycles. The Labute approximate surface area is 165 Å². The number of nitrogens with zero attached hydrogens (tertiary/aromatic N) is 1. The van der Waals surface area contributed by atoms with Gasteiger partial charge in [-0.05, 0) is 42.5 Å². The molecule has 138 valence electrons. The van der Waals surface area contributed by atoms with Crippen LogP contribution in [0.25, 0.3) is 0 Å². The number of amides is 1. The molecule has 0 aliphatic carbocycles. The second-order valence-electron chi connectivity index (χ2n) is 5.87. The van der Waals surface area contributed by atoms with Gasteiger partial charge < -0.3 is 15.0 Å². The first-order valence-electron chi connectivity index (χ1n) is 8.42. The van der Waals surface area contributed by atoms with Crippen LogP contribution in [0, 0.1) is 5.82 Å². The Morgan fingerprint density at radius 2 is 1.92 bits per heavy atom. The van der Waals surface area contributed by atoms with Gasteiger partial charge in [0.05, 0.1) is 18.9 Å². The zero-order valence-electron chi connectivity index (χ0n) is 14.2. The summed E-state index contributed by atoms with van der Waals surface area (Å²) < 4.78 is 20.7. The fourth-order valence-corrected chi connectivity index (χ4v) is 3.78. The van der Waals surface area contributed by atoms with Crippen LogP contribution in [0.1, 0.15) is 6.42 Å². The number of hydrogen-bond donors (Lipinski definition) is 1. The summed E-state index contributed by atoms with van der Waals surface area (Å²) >= 11 is 5.02. The van der Waals surface area contributed by atoms with Crippen molar-refractivity contribution in [2.45, 2.75) is 11.3 Å². The number of carbonyl (C=O) groups is 1. The number of halogens is 2. The van der Waals surface area contributed by atoms with Crippen LogP contribution in [0.15, 0.2) is 51.8 Å². The average Bonchev–Trinajstić information content (AvgIpc) is 2.64. The molecular weight excluding hydrogens is 419 g/mol. The van der Waals surface area contributed by atoms with Gasteiger partial charge in [0.25, 0.3) is 0 Å². The summed E-state index contributed by atoms with van der Waals surface area (Å²) in [6.45, 7) is 2.56. The Bertz CT molecular complexity index is 752. The van der Waals surface area contributed by atoms with Crippen molar-refractivity contribution >= 4 is 45.0 Å². The van der Waals surface area contributed by atoms with E-state index in [0.717, 1.165) is 9.37 Å². The standard InChI is InChI=1S/C19H20BrFN2O2S/c20-14-1-4-16(5-2-14)26-12-7-19(24)22-15-3-6-18(17(21)13-15)23-8-10-25-11-9-23/h1-6,13H,7-12H2,(H,22,24). The van der Waals surface area contributed by atoms with Gasteiger partial charge in [0.2, 0.25) is 5.91 Å². The van der Waals surface area contributed by atoms with Crippen LogP contribution in [-0.2, 0) is 9.53 Å². The molecule has 0 radical (unpaired) electrons. The fourth-order valence-electron chi connectivity index (χ4n) is 2.66. The van der Waals surface area contributed by atoms with E-state index < -0.39 is 0 Å². The number of morpholine rings is 1. The van der Waals surface area contributed by atoms with Gasteiger partial charge >= 0.3 is 0 Å². The maximum atomic E-state index is 14.3. The van der Waals surface area contributed by atoms with E-state index in [1.54, 1.807) is 23.9 Å². The monoisotopic (exact) mass is 438 g/mol. The second kappa shape index (κ2) is 9.39. The van der Waals surface area contributed by atoms with Crippen LogP contribution in [0.4, 0.5) is 15.8 Å². The summed E-state index contributed by atoms with van der Waals surface area (Å²) in [4.78, 5) is 15.1. The number of ether oxygens (including phenoxy) is 1. The largest absolute Gasteiger partial charge is 0.378 e. The Balaban J connectivity index is 1.49. The highest BCUT2D eigenvalue weighted by molar-refractivity contribution is 9.10. The van der Waals surface area contributed by atoms with Crippen LogP contribution in [0.3, 0.4) is 0 Å². The van der Waals surface area contributed by atoms with Crippen molar-refractivity contribution in [3.8, 4) is 0 Å². The predicted molar refractivity (Wildman–Crippen MR) is 108 cm³/mol. The lowest BCUT2D eigenvalue weighted by Crippen LogP contribution is -2.36. The maximum absolute atomic E-state index is 14.3. The summed E-state index contributed by atoms with van der Waals surface area (Å²) in [6, 6.07) is 12.8. The van der Waals surface area contributed by atoms with Crippen LogP contribution < -0.4 is 10.2 Å². The van der Waals surface area contributed by atoms with Gasteiger partial charge in [0.1, 0.15) is 5.82 Å². The quantitative estimate of drug-likeness (QED) is 0.671. The van der Waals surface area contributed by atoms with Crippen LogP contribution in [0.5, 0.6) is 0 Å². The zero-order chi connectivity index (χ0) is 18.4. The molecule has 2 aromatic rings. The lowest BCUT2D eigenvalue weighted by Gasteiger charge is -2.29. The van der Waals surface area contributed by atoms with Crippen LogP contribution in [-0.4, -0.2) is 38.0 Å². The molecule has 1 saturated heterocycles. The molecular formula is C19H20BrFN2O2S. The molecule has 0 aromatic heterocycles. The van der Waals surface area contributed by atoms with Crippen molar-refractivity contribution in [2.75, 3.05) is 42.3 Å². The highest BCUT2D eigenvalue weighted by Crippen LogP contribution is 2.24. The van der Waals surface area contributed by atoms with E-state index in [9.17, 15) is 9.18 Å². The van der Waals surface area contributed by atoms with Gasteiger partial charge in [-0.25, -0.2) is 4.39 Å². The van der Waals surface area contributed by atoms with Crippen molar-refractivity contribution in [1.29, 1.82) is 0 Å². The Kier molecular flexibility index (Phi) is 6.93. The minimum Gasteiger partial charge on any atom is -0.378 e. The number of nitrogens with one attached hydrogen (secondary N) is 1. The first-order valence-corrected chi connectivity index (χ1v) is 10.2. The van der Waals surface area contributed by atoms with E-state index in [4.69, 9.17) is 4.74 Å². The predicted octanol–water partition coefficient (Wildman–Crippen LogP) is 4.55. The first-order chi connectivity index (χ1) is 12.6. The number of rotatable bonds is 6. The third kappa shape index (κ3) is 5.46. The van der Waals surface area contributed by atoms with Crippen molar-refractivity contribution in [3.63, 3.8) is 0 Å². The van der Waals surface area contributed by atoms with Crippen molar-refractivity contribution in [3.05, 3.63) is 52.8 Å². The number of carbonyl (C=O) groups excluding carboxylic acids is 1. The highest BCUT2D eigenvalue weighted by atomic mass is 79.9. The smallest absolute Gasteiger partial charge is 0.225 e. The molecule has 4 nitrogen and oxygen atoms in total. The van der Waals surface area contributed by atoms with Gasteiger partial charge in [-0.1, -0.05) is 15.9 Å². The van der Waals surface area contributed by atoms with Gasteiger partial charge in [-0.3, -0.25) is 4.79 Å². The molecule has 1 heterocycles. The highest BCUT2D eigenvalue weighted by Gasteiger charge is 2.15. The van der Waals surface area contributed by atoms with Crippen molar-refractivity contribution in [1.82, 2.24) is 0 Å². The number of anilines is 2. The van der Waals surface area contributed by atoms with Gasteiger partial charge in [-0.15, -0.1) is 11.8 Å². The number of thioether (sulfide) groups is 1. The van der Waals surface area contributed by atoms with Gasteiger partial charge in [0.15, 0.2) is 0 Å². The number of hydrogen-bond acceptors (Lipinski definition) is 4. The lowest BCUT2D eigenvalue weighted by molar-refractivity contribution is -0.115. The summed E-state index contributed by atoms with van der Waals surface area (Å²) in [7, 11) is 0. The molecule has 0 bridgehead atoms. The minimum atomic E-state index is -0.325. The molecule has 1 aliphatic rings. The molecule has 1 amide bonds. The van der Waals surface area contributed by atoms with Gasteiger partial charge in [-0.2, -0.15) is 0 Å².